The molecule has 0 fully saturated rings. The van der Waals surface area contributed by atoms with E-state index in [9.17, 15) is 0 Å². The summed E-state index contributed by atoms with van der Waals surface area (Å²) < 4.78 is 0. The molecule has 0 saturated heterocycles. The molecule has 0 atom stereocenters. The molecule has 0 bridgehead atoms. The Labute approximate surface area is 80.8 Å². The zero-order valence-corrected chi connectivity index (χ0v) is 7.94. The van der Waals surface area contributed by atoms with E-state index in [4.69, 9.17) is 0 Å². The molecule has 6 nitrogen and oxygen atoms in total. The number of anilines is 2. The van der Waals surface area contributed by atoms with E-state index in [1.807, 2.05) is 0 Å². The van der Waals surface area contributed by atoms with Gasteiger partial charge in [0.25, 0.3) is 0 Å². The summed E-state index contributed by atoms with van der Waals surface area (Å²) in [6.07, 6.45) is 2.97. The van der Waals surface area contributed by atoms with Gasteiger partial charge in [-0.25, -0.2) is 19.9 Å². The lowest BCUT2D eigenvalue weighted by Gasteiger charge is -2.05. The van der Waals surface area contributed by atoms with E-state index < -0.39 is 0 Å². The second kappa shape index (κ2) is 3.41. The van der Waals surface area contributed by atoms with Crippen molar-refractivity contribution >= 4 is 22.7 Å². The molecule has 0 radical (unpaired) electrons. The SMILES string of the molecule is CNc1ncnc2c(NC)ncnc12. The van der Waals surface area contributed by atoms with Crippen molar-refractivity contribution in [1.82, 2.24) is 19.9 Å². The van der Waals surface area contributed by atoms with Crippen molar-refractivity contribution in [3.8, 4) is 0 Å². The predicted octanol–water partition coefficient (Wildman–Crippen LogP) is 0.503. The molecule has 72 valence electrons. The fourth-order valence-electron chi connectivity index (χ4n) is 1.25. The van der Waals surface area contributed by atoms with Crippen LogP contribution in [0.2, 0.25) is 0 Å². The third-order valence-electron chi connectivity index (χ3n) is 1.89. The third kappa shape index (κ3) is 1.20. The first-order valence-corrected chi connectivity index (χ1v) is 4.18. The first-order chi connectivity index (χ1) is 6.86. The third-order valence-corrected chi connectivity index (χ3v) is 1.89. The molecule has 0 aliphatic carbocycles. The molecule has 2 aromatic rings. The zero-order chi connectivity index (χ0) is 9.97. The van der Waals surface area contributed by atoms with Gasteiger partial charge in [0, 0.05) is 14.1 Å². The monoisotopic (exact) mass is 190 g/mol. The number of hydrogen-bond acceptors (Lipinski definition) is 6. The van der Waals surface area contributed by atoms with Gasteiger partial charge < -0.3 is 10.6 Å². The van der Waals surface area contributed by atoms with E-state index in [1.165, 1.54) is 12.7 Å². The minimum absolute atomic E-state index is 0.703. The summed E-state index contributed by atoms with van der Waals surface area (Å²) in [5.74, 6) is 1.41. The number of fused-ring (bicyclic) bond motifs is 1. The fraction of sp³-hybridized carbons (Fsp3) is 0.250. The van der Waals surface area contributed by atoms with Crippen molar-refractivity contribution in [2.24, 2.45) is 0 Å². The predicted molar refractivity (Wildman–Crippen MR) is 54.2 cm³/mol. The van der Waals surface area contributed by atoms with Crippen molar-refractivity contribution in [2.45, 2.75) is 0 Å². The summed E-state index contributed by atoms with van der Waals surface area (Å²) in [6, 6.07) is 0. The molecule has 0 aromatic carbocycles. The second-order valence-corrected chi connectivity index (χ2v) is 2.64. The summed E-state index contributed by atoms with van der Waals surface area (Å²) in [7, 11) is 3.59. The first-order valence-electron chi connectivity index (χ1n) is 4.18. The molecule has 6 heteroatoms. The summed E-state index contributed by atoms with van der Waals surface area (Å²) in [5, 5.41) is 5.90. The van der Waals surface area contributed by atoms with E-state index in [1.54, 1.807) is 14.1 Å². The summed E-state index contributed by atoms with van der Waals surface area (Å²) in [6.45, 7) is 0. The Morgan fingerprint density at radius 2 is 1.21 bits per heavy atom. The highest BCUT2D eigenvalue weighted by atomic mass is 15.1. The highest BCUT2D eigenvalue weighted by Crippen LogP contribution is 2.20. The van der Waals surface area contributed by atoms with Crippen molar-refractivity contribution < 1.29 is 0 Å². The van der Waals surface area contributed by atoms with E-state index >= 15 is 0 Å². The molecular formula is C8H10N6. The van der Waals surface area contributed by atoms with Crippen LogP contribution in [0.4, 0.5) is 11.6 Å². The van der Waals surface area contributed by atoms with Crippen LogP contribution in [0.15, 0.2) is 12.7 Å². The molecule has 2 N–H and O–H groups in total. The second-order valence-electron chi connectivity index (χ2n) is 2.64. The topological polar surface area (TPSA) is 75.6 Å². The molecule has 14 heavy (non-hydrogen) atoms. The molecular weight excluding hydrogens is 180 g/mol. The van der Waals surface area contributed by atoms with Gasteiger partial charge >= 0.3 is 0 Å². The van der Waals surface area contributed by atoms with Gasteiger partial charge in [0.15, 0.2) is 11.6 Å². The van der Waals surface area contributed by atoms with Gasteiger partial charge in [-0.1, -0.05) is 0 Å². The van der Waals surface area contributed by atoms with Crippen LogP contribution in [0.25, 0.3) is 11.0 Å². The van der Waals surface area contributed by atoms with Crippen molar-refractivity contribution in [2.75, 3.05) is 24.7 Å². The van der Waals surface area contributed by atoms with Crippen LogP contribution in [0.5, 0.6) is 0 Å². The minimum atomic E-state index is 0.703. The van der Waals surface area contributed by atoms with Gasteiger partial charge in [-0.05, 0) is 0 Å². The molecule has 0 aliphatic rings. The standard InChI is InChI=1S/C8H10N6/c1-9-7-5-6(12-3-13-7)8(10-2)14-4-11-5/h3-4H,1-2H3,(H,9,12,13)(H,10,11,14). The Bertz CT molecular complexity index is 411. The Balaban J connectivity index is 2.77. The van der Waals surface area contributed by atoms with Crippen LogP contribution in [0.1, 0.15) is 0 Å². The number of nitrogens with zero attached hydrogens (tertiary/aromatic N) is 4. The number of rotatable bonds is 2. The molecule has 0 aliphatic heterocycles. The van der Waals surface area contributed by atoms with Crippen LogP contribution in [-0.2, 0) is 0 Å². The van der Waals surface area contributed by atoms with Crippen LogP contribution in [-0.4, -0.2) is 34.0 Å². The number of nitrogens with one attached hydrogen (secondary N) is 2. The first kappa shape index (κ1) is 8.61. The Morgan fingerprint density at radius 3 is 1.57 bits per heavy atom. The molecule has 2 heterocycles. The van der Waals surface area contributed by atoms with Crippen LogP contribution < -0.4 is 10.6 Å². The largest absolute Gasteiger partial charge is 0.371 e. The average Bonchev–Trinajstić information content (AvgIpc) is 2.27. The fourth-order valence-corrected chi connectivity index (χ4v) is 1.25. The van der Waals surface area contributed by atoms with Gasteiger partial charge in [0.05, 0.1) is 0 Å². The normalized spacial score (nSPS) is 10.1. The highest BCUT2D eigenvalue weighted by Gasteiger charge is 2.07. The highest BCUT2D eigenvalue weighted by molar-refractivity contribution is 5.91. The average molecular weight is 190 g/mol. The quantitative estimate of drug-likeness (QED) is 0.718. The number of aromatic nitrogens is 4. The Hall–Kier alpha value is -1.98. The van der Waals surface area contributed by atoms with Gasteiger partial charge in [0.2, 0.25) is 0 Å². The molecule has 2 aromatic heterocycles. The summed E-state index contributed by atoms with van der Waals surface area (Å²) in [5.41, 5.74) is 1.43. The van der Waals surface area contributed by atoms with E-state index in [0.717, 1.165) is 0 Å². The zero-order valence-electron chi connectivity index (χ0n) is 7.94. The van der Waals surface area contributed by atoms with Gasteiger partial charge in [0.1, 0.15) is 23.7 Å². The van der Waals surface area contributed by atoms with Crippen molar-refractivity contribution in [3.05, 3.63) is 12.7 Å². The molecule has 0 amide bonds. The Kier molecular flexibility index (Phi) is 2.10. The van der Waals surface area contributed by atoms with E-state index in [2.05, 4.69) is 30.6 Å². The molecule has 0 spiro atoms. The van der Waals surface area contributed by atoms with E-state index in [0.29, 0.717) is 22.7 Å². The van der Waals surface area contributed by atoms with Gasteiger partial charge in [-0.2, -0.15) is 0 Å². The molecule has 0 unspecified atom stereocenters. The lowest BCUT2D eigenvalue weighted by Crippen LogP contribution is -2.01. The maximum atomic E-state index is 4.12. The maximum Gasteiger partial charge on any atom is 0.155 e. The molecule has 2 rings (SSSR count). The Morgan fingerprint density at radius 1 is 0.786 bits per heavy atom. The van der Waals surface area contributed by atoms with Gasteiger partial charge in [-0.3, -0.25) is 0 Å². The van der Waals surface area contributed by atoms with Crippen LogP contribution >= 0.6 is 0 Å². The lowest BCUT2D eigenvalue weighted by atomic mass is 10.4. The summed E-state index contributed by atoms with van der Waals surface area (Å²) in [4.78, 5) is 16.4. The van der Waals surface area contributed by atoms with Crippen molar-refractivity contribution in [1.29, 1.82) is 0 Å². The van der Waals surface area contributed by atoms with Crippen LogP contribution in [0.3, 0.4) is 0 Å². The van der Waals surface area contributed by atoms with Gasteiger partial charge in [-0.15, -0.1) is 0 Å². The molecule has 0 saturated carbocycles. The smallest absolute Gasteiger partial charge is 0.155 e. The lowest BCUT2D eigenvalue weighted by molar-refractivity contribution is 1.14. The van der Waals surface area contributed by atoms with Crippen molar-refractivity contribution in [3.63, 3.8) is 0 Å². The minimum Gasteiger partial charge on any atom is -0.371 e. The number of hydrogen-bond donors (Lipinski definition) is 2. The summed E-state index contributed by atoms with van der Waals surface area (Å²) >= 11 is 0. The maximum absolute atomic E-state index is 4.12. The van der Waals surface area contributed by atoms with Crippen LogP contribution in [0, 0.1) is 0 Å². The van der Waals surface area contributed by atoms with E-state index in [-0.39, 0.29) is 0 Å².